The summed E-state index contributed by atoms with van der Waals surface area (Å²) in [5.41, 5.74) is 1.42. The molecule has 3 aromatic rings. The van der Waals surface area contributed by atoms with Gasteiger partial charge in [0.25, 0.3) is 0 Å². The zero-order valence-electron chi connectivity index (χ0n) is 16.2. The van der Waals surface area contributed by atoms with Gasteiger partial charge in [0.15, 0.2) is 0 Å². The number of halogens is 2. The van der Waals surface area contributed by atoms with Gasteiger partial charge in [-0.2, -0.15) is 0 Å². The molecule has 1 aromatic heterocycles. The van der Waals surface area contributed by atoms with Gasteiger partial charge in [-0.25, -0.2) is 9.18 Å². The third-order valence-electron chi connectivity index (χ3n) is 5.14. The van der Waals surface area contributed by atoms with Crippen molar-refractivity contribution in [3.05, 3.63) is 95.0 Å². The maximum absolute atomic E-state index is 14.8. The molecule has 2 heterocycles. The average molecular weight is 426 g/mol. The van der Waals surface area contributed by atoms with Crippen LogP contribution in [0.5, 0.6) is 5.75 Å². The minimum atomic E-state index is -0.378. The van der Waals surface area contributed by atoms with Crippen molar-refractivity contribution in [2.45, 2.75) is 6.04 Å². The number of ether oxygens (including phenoxy) is 1. The molecule has 7 heteroatoms. The molecule has 0 spiro atoms. The average Bonchev–Trinajstić information content (AvgIpc) is 2.77. The van der Waals surface area contributed by atoms with Gasteiger partial charge in [-0.3, -0.25) is 9.88 Å². The van der Waals surface area contributed by atoms with Crippen LogP contribution in [0.4, 0.5) is 9.18 Å². The highest BCUT2D eigenvalue weighted by atomic mass is 35.5. The fourth-order valence-electron chi connectivity index (χ4n) is 3.66. The van der Waals surface area contributed by atoms with Crippen LogP contribution in [0.1, 0.15) is 17.2 Å². The lowest BCUT2D eigenvalue weighted by Gasteiger charge is -2.39. The second-order valence-corrected chi connectivity index (χ2v) is 7.50. The second-order valence-electron chi connectivity index (χ2n) is 7.06. The van der Waals surface area contributed by atoms with E-state index in [2.05, 4.69) is 9.88 Å². The Balaban J connectivity index is 1.50. The highest BCUT2D eigenvalue weighted by Crippen LogP contribution is 2.32. The maximum Gasteiger partial charge on any atom is 0.415 e. The largest absolute Gasteiger partial charge is 0.415 e. The van der Waals surface area contributed by atoms with Crippen molar-refractivity contribution in [3.8, 4) is 5.75 Å². The van der Waals surface area contributed by atoms with Crippen molar-refractivity contribution in [2.24, 2.45) is 0 Å². The molecule has 1 saturated heterocycles. The van der Waals surface area contributed by atoms with Crippen LogP contribution in [-0.2, 0) is 0 Å². The summed E-state index contributed by atoms with van der Waals surface area (Å²) in [5.74, 6) is 0.156. The first kappa shape index (κ1) is 20.3. The summed E-state index contributed by atoms with van der Waals surface area (Å²) in [6.07, 6.45) is 3.06. The van der Waals surface area contributed by atoms with Crippen molar-refractivity contribution < 1.29 is 13.9 Å². The van der Waals surface area contributed by atoms with Crippen molar-refractivity contribution in [3.63, 3.8) is 0 Å². The molecule has 1 unspecified atom stereocenters. The van der Waals surface area contributed by atoms with E-state index in [1.54, 1.807) is 41.6 Å². The molecule has 154 valence electrons. The predicted molar refractivity (Wildman–Crippen MR) is 113 cm³/mol. The van der Waals surface area contributed by atoms with Gasteiger partial charge in [0.1, 0.15) is 11.6 Å². The lowest BCUT2D eigenvalue weighted by atomic mass is 9.97. The van der Waals surface area contributed by atoms with Crippen LogP contribution in [0.3, 0.4) is 0 Å². The molecule has 1 fully saturated rings. The van der Waals surface area contributed by atoms with E-state index < -0.39 is 0 Å². The lowest BCUT2D eigenvalue weighted by molar-refractivity contribution is 0.0966. The molecule has 1 amide bonds. The number of rotatable bonds is 4. The Kier molecular flexibility index (Phi) is 6.26. The van der Waals surface area contributed by atoms with E-state index in [1.807, 2.05) is 30.3 Å². The summed E-state index contributed by atoms with van der Waals surface area (Å²) in [5, 5.41) is 0.356. The fraction of sp³-hybridized carbons (Fsp3) is 0.217. The minimum absolute atomic E-state index is 0.316. The van der Waals surface area contributed by atoms with Crippen LogP contribution in [0.15, 0.2) is 73.1 Å². The summed E-state index contributed by atoms with van der Waals surface area (Å²) >= 11 is 5.95. The summed E-state index contributed by atoms with van der Waals surface area (Å²) in [6.45, 7) is 2.12. The van der Waals surface area contributed by atoms with E-state index in [9.17, 15) is 9.18 Å². The normalized spacial score (nSPS) is 15.6. The quantitative estimate of drug-likeness (QED) is 0.603. The van der Waals surface area contributed by atoms with E-state index in [4.69, 9.17) is 16.3 Å². The number of pyridine rings is 1. The summed E-state index contributed by atoms with van der Waals surface area (Å²) in [7, 11) is 0. The molecule has 0 saturated carbocycles. The molecule has 1 aliphatic rings. The summed E-state index contributed by atoms with van der Waals surface area (Å²) < 4.78 is 20.2. The first-order valence-corrected chi connectivity index (χ1v) is 10.1. The standard InChI is InChI=1S/C23H21ClFN3O2/c24-18-8-9-20(21(25)15-18)22(17-5-4-10-26-16-17)27-11-13-28(14-12-27)23(29)30-19-6-2-1-3-7-19/h1-10,15-16,22H,11-14H2. The predicted octanol–water partition coefficient (Wildman–Crippen LogP) is 4.78. The molecule has 0 radical (unpaired) electrons. The van der Waals surface area contributed by atoms with Crippen molar-refractivity contribution >= 4 is 17.7 Å². The van der Waals surface area contributed by atoms with Gasteiger partial charge in [-0.15, -0.1) is 0 Å². The van der Waals surface area contributed by atoms with Crippen molar-refractivity contribution in [1.82, 2.24) is 14.8 Å². The fourth-order valence-corrected chi connectivity index (χ4v) is 3.82. The molecule has 0 bridgehead atoms. The first-order chi connectivity index (χ1) is 14.6. The van der Waals surface area contributed by atoms with Crippen LogP contribution < -0.4 is 4.74 Å². The first-order valence-electron chi connectivity index (χ1n) is 9.72. The molecular weight excluding hydrogens is 405 g/mol. The molecule has 2 aromatic carbocycles. The van der Waals surface area contributed by atoms with E-state index in [1.165, 1.54) is 6.07 Å². The second kappa shape index (κ2) is 9.24. The van der Waals surface area contributed by atoms with Gasteiger partial charge in [0.05, 0.1) is 6.04 Å². The Morgan fingerprint density at radius 2 is 1.80 bits per heavy atom. The summed E-state index contributed by atoms with van der Waals surface area (Å²) in [4.78, 5) is 20.5. The number of benzene rings is 2. The van der Waals surface area contributed by atoms with E-state index in [-0.39, 0.29) is 18.0 Å². The van der Waals surface area contributed by atoms with E-state index in [0.29, 0.717) is 42.5 Å². The number of nitrogens with zero attached hydrogens (tertiary/aromatic N) is 3. The zero-order chi connectivity index (χ0) is 20.9. The number of carbonyl (C=O) groups is 1. The highest BCUT2D eigenvalue weighted by molar-refractivity contribution is 6.30. The monoisotopic (exact) mass is 425 g/mol. The SMILES string of the molecule is O=C(Oc1ccccc1)N1CCN(C(c2cccnc2)c2ccc(Cl)cc2F)CC1. The van der Waals surface area contributed by atoms with Gasteiger partial charge >= 0.3 is 6.09 Å². The molecule has 0 aliphatic carbocycles. The number of piperazine rings is 1. The molecule has 30 heavy (non-hydrogen) atoms. The molecular formula is C23H21ClFN3O2. The smallest absolute Gasteiger partial charge is 0.410 e. The van der Waals surface area contributed by atoms with Gasteiger partial charge in [0, 0.05) is 49.2 Å². The maximum atomic E-state index is 14.8. The third-order valence-corrected chi connectivity index (χ3v) is 5.38. The van der Waals surface area contributed by atoms with Gasteiger partial charge in [-0.1, -0.05) is 41.9 Å². The number of carbonyl (C=O) groups excluding carboxylic acids is 1. The summed E-state index contributed by atoms with van der Waals surface area (Å²) in [6, 6.07) is 17.2. The number of hydrogen-bond acceptors (Lipinski definition) is 4. The molecule has 1 atom stereocenters. The molecule has 0 N–H and O–H groups in total. The van der Waals surface area contributed by atoms with Gasteiger partial charge in [0.2, 0.25) is 0 Å². The van der Waals surface area contributed by atoms with Crippen molar-refractivity contribution in [1.29, 1.82) is 0 Å². The molecule has 5 nitrogen and oxygen atoms in total. The Hall–Kier alpha value is -2.96. The number of hydrogen-bond donors (Lipinski definition) is 0. The van der Waals surface area contributed by atoms with Gasteiger partial charge < -0.3 is 9.64 Å². The van der Waals surface area contributed by atoms with Gasteiger partial charge in [-0.05, 0) is 35.9 Å². The van der Waals surface area contributed by atoms with Crippen LogP contribution in [0.25, 0.3) is 0 Å². The number of para-hydroxylation sites is 1. The van der Waals surface area contributed by atoms with Crippen molar-refractivity contribution in [2.75, 3.05) is 26.2 Å². The van der Waals surface area contributed by atoms with Crippen LogP contribution in [0, 0.1) is 5.82 Å². The van der Waals surface area contributed by atoms with Crippen LogP contribution in [-0.4, -0.2) is 47.1 Å². The lowest BCUT2D eigenvalue weighted by Crippen LogP contribution is -2.50. The Morgan fingerprint density at radius 1 is 1.03 bits per heavy atom. The van der Waals surface area contributed by atoms with Crippen LogP contribution >= 0.6 is 11.6 Å². The minimum Gasteiger partial charge on any atom is -0.410 e. The number of amides is 1. The number of aromatic nitrogens is 1. The zero-order valence-corrected chi connectivity index (χ0v) is 17.0. The highest BCUT2D eigenvalue weighted by Gasteiger charge is 2.30. The Labute approximate surface area is 179 Å². The molecule has 1 aliphatic heterocycles. The van der Waals surface area contributed by atoms with E-state index >= 15 is 0 Å². The topological polar surface area (TPSA) is 45.7 Å². The van der Waals surface area contributed by atoms with Crippen LogP contribution in [0.2, 0.25) is 5.02 Å². The third kappa shape index (κ3) is 4.61. The Bertz CT molecular complexity index is 996. The Morgan fingerprint density at radius 3 is 2.47 bits per heavy atom. The van der Waals surface area contributed by atoms with E-state index in [0.717, 1.165) is 5.56 Å². The molecule has 4 rings (SSSR count).